The largest absolute Gasteiger partial charge is 0.460 e. The van der Waals surface area contributed by atoms with Crippen LogP contribution in [0.1, 0.15) is 132 Å². The number of nitrogens with zero attached hydrogens (tertiary/aromatic N) is 1. The summed E-state index contributed by atoms with van der Waals surface area (Å²) < 4.78 is 58.8. The van der Waals surface area contributed by atoms with Gasteiger partial charge in [0.2, 0.25) is 15.8 Å². The summed E-state index contributed by atoms with van der Waals surface area (Å²) in [6.45, 7) is 11.3. The van der Waals surface area contributed by atoms with Crippen molar-refractivity contribution in [2.75, 3.05) is 33.6 Å². The maximum Gasteiger partial charge on any atom is 0.328 e. The highest BCUT2D eigenvalue weighted by Crippen LogP contribution is 2.39. The van der Waals surface area contributed by atoms with Crippen molar-refractivity contribution in [3.63, 3.8) is 0 Å². The first-order valence-electron chi connectivity index (χ1n) is 25.6. The third kappa shape index (κ3) is 17.3. The minimum Gasteiger partial charge on any atom is -0.460 e. The van der Waals surface area contributed by atoms with Gasteiger partial charge in [-0.2, -0.15) is 0 Å². The molecule has 2 aliphatic heterocycles. The SMILES string of the molecule is COC1C(=O)C(C)CC/C=C/C=C/C=C(\C)[C@H](NS(=O)(=O)CCCO)C[C@H]2CC[C@H](C)[C@](O)(O2)C(=O)C(=O)N(C)C(C)C(=O)OC([C@H](C)C[C@@H]2CC[C@@H](OC3CC3)[C@H](OC)C2)CC(=O)C(C)/C=C(\C)C1O. The predicted molar refractivity (Wildman–Crippen MR) is 267 cm³/mol. The van der Waals surface area contributed by atoms with Crippen molar-refractivity contribution in [2.45, 2.75) is 193 Å². The highest BCUT2D eigenvalue weighted by atomic mass is 32.2. The van der Waals surface area contributed by atoms with Crippen LogP contribution in [0.4, 0.5) is 0 Å². The van der Waals surface area contributed by atoms with Crippen LogP contribution < -0.4 is 4.72 Å². The molecule has 0 aromatic carbocycles. The van der Waals surface area contributed by atoms with Crippen LogP contribution in [0.3, 0.4) is 0 Å². The second-order valence-electron chi connectivity index (χ2n) is 20.7. The Morgan fingerprint density at radius 2 is 1.61 bits per heavy atom. The Hall–Kier alpha value is -3.46. The lowest BCUT2D eigenvalue weighted by atomic mass is 9.78. The first kappa shape index (κ1) is 60.1. The molecule has 0 radical (unpaired) electrons. The number of nitrogens with one attached hydrogen (secondary N) is 1. The zero-order valence-electron chi connectivity index (χ0n) is 43.7. The zero-order chi connectivity index (χ0) is 52.8. The lowest BCUT2D eigenvalue weighted by Crippen LogP contribution is -2.59. The number of sulfonamides is 1. The highest BCUT2D eigenvalue weighted by molar-refractivity contribution is 7.89. The normalized spacial score (nSPS) is 37.3. The average Bonchev–Trinajstić information content (AvgIpc) is 4.16. The summed E-state index contributed by atoms with van der Waals surface area (Å²) in [5.41, 5.74) is 0.934. The van der Waals surface area contributed by atoms with E-state index in [-0.39, 0.29) is 79.8 Å². The van der Waals surface area contributed by atoms with E-state index in [0.29, 0.717) is 43.3 Å². The van der Waals surface area contributed by atoms with Crippen molar-refractivity contribution in [3.8, 4) is 0 Å². The van der Waals surface area contributed by atoms with Crippen LogP contribution in [0, 0.1) is 29.6 Å². The van der Waals surface area contributed by atoms with E-state index < -0.39 is 87.7 Å². The molecule has 1 saturated heterocycles. The number of aliphatic hydroxyl groups excluding tert-OH is 2. The van der Waals surface area contributed by atoms with Gasteiger partial charge in [-0.25, -0.2) is 17.9 Å². The van der Waals surface area contributed by atoms with Crippen molar-refractivity contribution >= 4 is 39.2 Å². The topological polar surface area (TPSA) is 242 Å². The molecule has 4 N–H and O–H groups in total. The second-order valence-corrected chi connectivity index (χ2v) is 22.6. The molecule has 6 unspecified atom stereocenters. The molecule has 2 aliphatic carbocycles. The van der Waals surface area contributed by atoms with Gasteiger partial charge in [0.05, 0.1) is 30.2 Å². The van der Waals surface area contributed by atoms with E-state index in [9.17, 15) is 47.7 Å². The quantitative estimate of drug-likeness (QED) is 0.111. The fourth-order valence-electron chi connectivity index (χ4n) is 9.75. The van der Waals surface area contributed by atoms with Crippen molar-refractivity contribution in [1.29, 1.82) is 0 Å². The molecule has 2 bridgehead atoms. The molecule has 0 aromatic heterocycles. The Morgan fingerprint density at radius 3 is 2.25 bits per heavy atom. The number of likely N-dealkylation sites (N-methyl/N-ethyl adjacent to an activating group) is 1. The Morgan fingerprint density at radius 1 is 0.901 bits per heavy atom. The van der Waals surface area contributed by atoms with E-state index in [0.717, 1.165) is 30.6 Å². The van der Waals surface area contributed by atoms with Gasteiger partial charge in [-0.3, -0.25) is 19.2 Å². The fourth-order valence-corrected chi connectivity index (χ4v) is 11.1. The number of fused-ring (bicyclic) bond motifs is 2. The lowest BCUT2D eigenvalue weighted by Gasteiger charge is -2.42. The van der Waals surface area contributed by atoms with Crippen LogP contribution in [0.25, 0.3) is 0 Å². The van der Waals surface area contributed by atoms with E-state index in [4.69, 9.17) is 23.7 Å². The molecular formula is C53H84N2O15S. The minimum absolute atomic E-state index is 0.0000188. The molecule has 17 nitrogen and oxygen atoms in total. The fraction of sp³-hybridized carbons (Fsp3) is 0.755. The molecule has 0 aromatic rings. The van der Waals surface area contributed by atoms with Crippen LogP contribution in [0.5, 0.6) is 0 Å². The van der Waals surface area contributed by atoms with E-state index in [1.807, 2.05) is 13.0 Å². The molecule has 1 amide bonds. The summed E-state index contributed by atoms with van der Waals surface area (Å²) in [5.74, 6) is -9.26. The Labute approximate surface area is 422 Å². The predicted octanol–water partition coefficient (Wildman–Crippen LogP) is 5.24. The zero-order valence-corrected chi connectivity index (χ0v) is 44.6. The maximum atomic E-state index is 14.1. The van der Waals surface area contributed by atoms with Crippen molar-refractivity contribution in [2.24, 2.45) is 29.6 Å². The first-order chi connectivity index (χ1) is 33.5. The van der Waals surface area contributed by atoms with E-state index in [1.54, 1.807) is 72.1 Å². The molecular weight excluding hydrogens is 937 g/mol. The molecule has 4 aliphatic rings. The molecule has 0 spiro atoms. The van der Waals surface area contributed by atoms with Crippen LogP contribution in [-0.2, 0) is 57.7 Å². The molecule has 71 heavy (non-hydrogen) atoms. The summed E-state index contributed by atoms with van der Waals surface area (Å²) >= 11 is 0. The number of cyclic esters (lactones) is 1. The van der Waals surface area contributed by atoms with Gasteiger partial charge >= 0.3 is 5.97 Å². The number of ether oxygens (including phenoxy) is 5. The number of carbonyl (C=O) groups excluding carboxylic acids is 5. The summed E-state index contributed by atoms with van der Waals surface area (Å²) in [7, 11) is 0.352. The lowest BCUT2D eigenvalue weighted by molar-refractivity contribution is -0.263. The number of carbonyl (C=O) groups is 5. The molecule has 2 heterocycles. The number of hydrogen-bond acceptors (Lipinski definition) is 15. The van der Waals surface area contributed by atoms with E-state index >= 15 is 0 Å². The van der Waals surface area contributed by atoms with Gasteiger partial charge in [-0.15, -0.1) is 0 Å². The molecule has 4 rings (SSSR count). The van der Waals surface area contributed by atoms with Crippen LogP contribution >= 0.6 is 0 Å². The molecule has 3 fully saturated rings. The van der Waals surface area contributed by atoms with Gasteiger partial charge < -0.3 is 43.9 Å². The summed E-state index contributed by atoms with van der Waals surface area (Å²) in [6, 6.07) is -2.22. The average molecular weight is 1020 g/mol. The van der Waals surface area contributed by atoms with Gasteiger partial charge in [-0.1, -0.05) is 69.7 Å². The number of Topliss-reactive ketones (excluding diaryl/α,β-unsaturated/α-hetero) is 3. The van der Waals surface area contributed by atoms with Crippen LogP contribution in [0.15, 0.2) is 47.6 Å². The third-order valence-electron chi connectivity index (χ3n) is 15.0. The number of allylic oxidation sites excluding steroid dienone is 6. The second kappa shape index (κ2) is 27.7. The van der Waals surface area contributed by atoms with Crippen molar-refractivity contribution < 1.29 is 71.4 Å². The smallest absolute Gasteiger partial charge is 0.328 e. The number of amides is 1. The number of rotatable bonds is 12. The minimum atomic E-state index is -3.91. The molecule has 18 heteroatoms. The van der Waals surface area contributed by atoms with Crippen molar-refractivity contribution in [1.82, 2.24) is 9.62 Å². The Balaban J connectivity index is 1.67. The molecule has 2 saturated carbocycles. The molecule has 14 atom stereocenters. The van der Waals surface area contributed by atoms with Gasteiger partial charge in [0.15, 0.2) is 5.78 Å². The number of esters is 1. The monoisotopic (exact) mass is 1020 g/mol. The van der Waals surface area contributed by atoms with Gasteiger partial charge in [0.25, 0.3) is 11.7 Å². The number of hydrogen-bond donors (Lipinski definition) is 4. The number of methoxy groups -OCH3 is 2. The number of aliphatic hydroxyl groups is 3. The summed E-state index contributed by atoms with van der Waals surface area (Å²) in [6.07, 6.45) is 12.5. The standard InChI is InChI=1S/C53H84N2O15S/c1-32-17-14-12-11-13-15-18-33(2)47(58)49(67-10)48(59)36(5)27-34(3)43(57)31-45(35(4)28-39-20-24-44(46(29-39)66-9)68-40-22-23-40)69-52(62)38(7)55(8)51(61)50(60)53(63)37(6)19-21-41(70-53)30-42(32)54-71(64,65)26-16-25-56/h11-14,17,27,33-35,37-42,44-46,48-49,54,56,59,63H,15-16,18-26,28-31H2,1-10H3/b13-11+,14-12+,32-17+,36-27+/t33?,34?,35-,37+,38?,39+,41-,42-,44-,45?,46-,48?,49?,53+/m1/s1. The van der Waals surface area contributed by atoms with E-state index in [1.165, 1.54) is 21.1 Å². The summed E-state index contributed by atoms with van der Waals surface area (Å²) in [5, 5.41) is 32.7. The first-order valence-corrected chi connectivity index (χ1v) is 27.3. The number of ketones is 3. The van der Waals surface area contributed by atoms with Crippen molar-refractivity contribution in [3.05, 3.63) is 47.6 Å². The third-order valence-corrected chi connectivity index (χ3v) is 16.4. The van der Waals surface area contributed by atoms with Gasteiger partial charge in [0.1, 0.15) is 30.1 Å². The summed E-state index contributed by atoms with van der Waals surface area (Å²) in [4.78, 5) is 70.9. The van der Waals surface area contributed by atoms with Gasteiger partial charge in [-0.05, 0) is 115 Å². The Kier molecular flexibility index (Phi) is 23.5. The van der Waals surface area contributed by atoms with Crippen LogP contribution in [-0.4, -0.2) is 152 Å². The van der Waals surface area contributed by atoms with Crippen LogP contribution in [0.2, 0.25) is 0 Å². The van der Waals surface area contributed by atoms with E-state index in [2.05, 4.69) is 4.72 Å². The molecule has 402 valence electrons. The highest BCUT2D eigenvalue weighted by Gasteiger charge is 2.52. The Bertz CT molecular complexity index is 2050. The maximum absolute atomic E-state index is 14.1. The van der Waals surface area contributed by atoms with Gasteiger partial charge in [0, 0.05) is 58.1 Å².